The Labute approximate surface area is 281 Å². The highest BCUT2D eigenvalue weighted by Crippen LogP contribution is 2.37. The van der Waals surface area contributed by atoms with E-state index in [0.717, 1.165) is 0 Å². The lowest BCUT2D eigenvalue weighted by Gasteiger charge is -2.26. The normalized spacial score (nSPS) is 16.5. The Bertz CT molecular complexity index is 1790. The highest BCUT2D eigenvalue weighted by atomic mass is 16.5. The minimum atomic E-state index is -0.917. The van der Waals surface area contributed by atoms with E-state index >= 15 is 0 Å². The van der Waals surface area contributed by atoms with Crippen LogP contribution in [-0.4, -0.2) is 98.8 Å². The van der Waals surface area contributed by atoms with Crippen LogP contribution in [0.4, 0.5) is 0 Å². The van der Waals surface area contributed by atoms with Crippen molar-refractivity contribution in [2.45, 2.75) is 39.3 Å². The van der Waals surface area contributed by atoms with E-state index in [1.165, 1.54) is 36.2 Å². The van der Waals surface area contributed by atoms with Gasteiger partial charge in [-0.1, -0.05) is 19.9 Å². The second-order valence-electron chi connectivity index (χ2n) is 11.5. The van der Waals surface area contributed by atoms with Gasteiger partial charge in [-0.2, -0.15) is 9.78 Å². The summed E-state index contributed by atoms with van der Waals surface area (Å²) in [6.45, 7) is 3.76. The minimum Gasteiger partial charge on any atom is -0.496 e. The molecule has 0 saturated heterocycles. The maximum Gasteiger partial charge on any atom is 0.272 e. The Morgan fingerprint density at radius 3 is 2.55 bits per heavy atom. The quantitative estimate of drug-likeness (QED) is 0.239. The lowest BCUT2D eigenvalue weighted by atomic mass is 10.0. The third-order valence-electron chi connectivity index (χ3n) is 7.80. The molecule has 0 saturated carbocycles. The maximum absolute atomic E-state index is 13.6. The molecule has 2 bridgehead atoms. The number of carbonyl (C=O) groups excluding carboxylic acids is 4. The summed E-state index contributed by atoms with van der Waals surface area (Å²) in [5.41, 5.74) is 0.981. The van der Waals surface area contributed by atoms with Crippen molar-refractivity contribution < 1.29 is 33.4 Å². The summed E-state index contributed by atoms with van der Waals surface area (Å²) in [5.74, 6) is -0.300. The van der Waals surface area contributed by atoms with Crippen molar-refractivity contribution in [1.82, 2.24) is 51.3 Å². The second kappa shape index (κ2) is 15.7. The van der Waals surface area contributed by atoms with Crippen molar-refractivity contribution in [3.8, 4) is 28.8 Å². The van der Waals surface area contributed by atoms with E-state index in [-0.39, 0.29) is 48.7 Å². The molecule has 5 rings (SSSR count). The van der Waals surface area contributed by atoms with Gasteiger partial charge in [0.25, 0.3) is 11.8 Å². The van der Waals surface area contributed by atoms with Gasteiger partial charge < -0.3 is 35.1 Å². The van der Waals surface area contributed by atoms with Crippen LogP contribution in [0.15, 0.2) is 48.8 Å². The first-order valence-electron chi connectivity index (χ1n) is 15.6. The monoisotopic (exact) mass is 674 g/mol. The lowest BCUT2D eigenvalue weighted by molar-refractivity contribution is -0.130. The number of nitrogens with zero attached hydrogens (tertiary/aromatic N) is 6. The predicted octanol–water partition coefficient (Wildman–Crippen LogP) is 1.62. The Morgan fingerprint density at radius 1 is 1.00 bits per heavy atom. The SMILES string of the molecule is COc1ccc2cc1Oc1cccc(OC)c1CNC(=O)[C@@H](C(C)C)NC(=O)CN(C(=O)c1cc(-n3cnnn3)n[nH]1)CCCCNC2=O. The molecule has 4 amide bonds. The van der Waals surface area contributed by atoms with Crippen molar-refractivity contribution in [3.05, 3.63) is 65.6 Å². The number of carbonyl (C=O) groups is 4. The van der Waals surface area contributed by atoms with Gasteiger partial charge in [-0.3, -0.25) is 24.3 Å². The number of hydrogen-bond donors (Lipinski definition) is 4. The van der Waals surface area contributed by atoms with Gasteiger partial charge in [0, 0.05) is 24.7 Å². The average Bonchev–Trinajstić information content (AvgIpc) is 3.81. The van der Waals surface area contributed by atoms with E-state index < -0.39 is 23.8 Å². The predicted molar refractivity (Wildman–Crippen MR) is 173 cm³/mol. The largest absolute Gasteiger partial charge is 0.496 e. The van der Waals surface area contributed by atoms with E-state index in [1.807, 2.05) is 13.8 Å². The van der Waals surface area contributed by atoms with Crippen LogP contribution < -0.4 is 30.2 Å². The van der Waals surface area contributed by atoms with Crippen molar-refractivity contribution in [2.75, 3.05) is 33.9 Å². The third-order valence-corrected chi connectivity index (χ3v) is 7.80. The van der Waals surface area contributed by atoms with Crippen LogP contribution in [0.2, 0.25) is 0 Å². The maximum atomic E-state index is 13.6. The Morgan fingerprint density at radius 2 is 1.82 bits per heavy atom. The first-order chi connectivity index (χ1) is 23.7. The molecule has 1 aliphatic heterocycles. The zero-order chi connectivity index (χ0) is 34.9. The molecule has 2 aromatic heterocycles. The first kappa shape index (κ1) is 34.3. The van der Waals surface area contributed by atoms with Gasteiger partial charge >= 0.3 is 0 Å². The van der Waals surface area contributed by atoms with E-state index in [9.17, 15) is 19.2 Å². The molecule has 3 heterocycles. The van der Waals surface area contributed by atoms with Crippen molar-refractivity contribution in [1.29, 1.82) is 0 Å². The summed E-state index contributed by atoms with van der Waals surface area (Å²) in [4.78, 5) is 55.0. The number of benzene rings is 2. The molecule has 17 nitrogen and oxygen atoms in total. The van der Waals surface area contributed by atoms with E-state index in [2.05, 4.69) is 41.7 Å². The van der Waals surface area contributed by atoms with Crippen LogP contribution in [0.3, 0.4) is 0 Å². The molecule has 0 spiro atoms. The Balaban J connectivity index is 1.43. The van der Waals surface area contributed by atoms with Gasteiger partial charge in [0.05, 0.1) is 32.9 Å². The fourth-order valence-electron chi connectivity index (χ4n) is 5.19. The molecule has 4 aromatic rings. The highest BCUT2D eigenvalue weighted by molar-refractivity contribution is 5.96. The molecule has 1 atom stereocenters. The van der Waals surface area contributed by atoms with Crippen LogP contribution in [0.25, 0.3) is 5.82 Å². The van der Waals surface area contributed by atoms with Crippen molar-refractivity contribution >= 4 is 23.6 Å². The van der Waals surface area contributed by atoms with E-state index in [1.54, 1.807) is 36.4 Å². The summed E-state index contributed by atoms with van der Waals surface area (Å²) >= 11 is 0. The first-order valence-corrected chi connectivity index (χ1v) is 15.6. The summed E-state index contributed by atoms with van der Waals surface area (Å²) in [7, 11) is 2.99. The summed E-state index contributed by atoms with van der Waals surface area (Å²) in [6.07, 6.45) is 2.29. The molecule has 49 heavy (non-hydrogen) atoms. The molecule has 0 fully saturated rings. The van der Waals surface area contributed by atoms with Gasteiger partial charge in [-0.05, 0) is 59.5 Å². The lowest BCUT2D eigenvalue weighted by Crippen LogP contribution is -2.52. The summed E-state index contributed by atoms with van der Waals surface area (Å²) < 4.78 is 18.6. The molecular weight excluding hydrogens is 636 g/mol. The van der Waals surface area contributed by atoms with Crippen LogP contribution in [-0.2, 0) is 16.1 Å². The fraction of sp³-hybridized carbons (Fsp3) is 0.375. The topological polar surface area (TPSA) is 208 Å². The molecule has 0 unspecified atom stereocenters. The molecule has 2 aromatic carbocycles. The number of ether oxygens (including phenoxy) is 3. The molecular formula is C32H38N10O7. The highest BCUT2D eigenvalue weighted by Gasteiger charge is 2.28. The molecule has 0 aliphatic carbocycles. The number of tetrazole rings is 1. The second-order valence-corrected chi connectivity index (χ2v) is 11.5. The van der Waals surface area contributed by atoms with Gasteiger partial charge in [-0.15, -0.1) is 5.10 Å². The standard InChI is InChI=1S/C32H38N10O7/c1-19(2)29-31(45)34-16-21-23(47-3)8-7-9-24(21)49-26-14-20(10-11-25(26)48-4)30(44)33-12-5-6-13-41(17-28(43)36-29)32(46)22-15-27(38-37-22)42-18-35-39-40-42/h7-11,14-15,18-19,29H,5-6,12-13,16-17H2,1-4H3,(H,33,44)(H,34,45)(H,36,43)(H,37,38)/t29-/m1/s1. The fourth-order valence-corrected chi connectivity index (χ4v) is 5.19. The molecule has 0 radical (unpaired) electrons. The van der Waals surface area contributed by atoms with E-state index in [4.69, 9.17) is 14.2 Å². The summed E-state index contributed by atoms with van der Waals surface area (Å²) in [6, 6.07) is 10.6. The number of aromatic amines is 1. The molecule has 1 aliphatic rings. The van der Waals surface area contributed by atoms with Crippen LogP contribution in [0.5, 0.6) is 23.0 Å². The number of H-pyrrole nitrogens is 1. The van der Waals surface area contributed by atoms with Gasteiger partial charge in [0.1, 0.15) is 29.6 Å². The summed E-state index contributed by atoms with van der Waals surface area (Å²) in [5, 5.41) is 26.3. The van der Waals surface area contributed by atoms with Crippen LogP contribution in [0.1, 0.15) is 53.1 Å². The zero-order valence-corrected chi connectivity index (χ0v) is 27.6. The number of methoxy groups -OCH3 is 2. The molecule has 4 N–H and O–H groups in total. The van der Waals surface area contributed by atoms with Gasteiger partial charge in [-0.25, -0.2) is 0 Å². The number of hydrogen-bond acceptors (Lipinski definition) is 11. The number of amides is 4. The number of rotatable bonds is 5. The van der Waals surface area contributed by atoms with E-state index in [0.29, 0.717) is 47.8 Å². The van der Waals surface area contributed by atoms with Crippen molar-refractivity contribution in [3.63, 3.8) is 0 Å². The Hall–Kier alpha value is -6.00. The zero-order valence-electron chi connectivity index (χ0n) is 27.6. The third kappa shape index (κ3) is 8.30. The number of nitrogens with one attached hydrogen (secondary N) is 4. The number of aromatic nitrogens is 6. The Kier molecular flexibility index (Phi) is 11.0. The van der Waals surface area contributed by atoms with Crippen LogP contribution in [0, 0.1) is 5.92 Å². The number of fused-ring (bicyclic) bond motifs is 3. The van der Waals surface area contributed by atoms with Crippen LogP contribution >= 0.6 is 0 Å². The van der Waals surface area contributed by atoms with Crippen molar-refractivity contribution in [2.24, 2.45) is 5.92 Å². The van der Waals surface area contributed by atoms with Gasteiger partial charge in [0.15, 0.2) is 17.3 Å². The molecule has 258 valence electrons. The van der Waals surface area contributed by atoms with Gasteiger partial charge in [0.2, 0.25) is 11.8 Å². The average molecular weight is 675 g/mol. The minimum absolute atomic E-state index is 0.00613. The molecule has 17 heteroatoms. The smallest absolute Gasteiger partial charge is 0.272 e.